The van der Waals surface area contributed by atoms with E-state index in [2.05, 4.69) is 16.0 Å². The van der Waals surface area contributed by atoms with Crippen molar-refractivity contribution in [1.82, 2.24) is 19.3 Å². The number of hydrogen-bond donors (Lipinski definition) is 1. The Bertz CT molecular complexity index is 1470. The molecule has 9 nitrogen and oxygen atoms in total. The molecule has 2 aromatic heterocycles. The van der Waals surface area contributed by atoms with Gasteiger partial charge in [-0.05, 0) is 36.8 Å². The van der Waals surface area contributed by atoms with E-state index in [0.29, 0.717) is 22.1 Å². The minimum Gasteiger partial charge on any atom is -0.339 e. The first-order valence-electron chi connectivity index (χ1n) is 10.1. The standard InChI is InChI=1S/C23H20N6O3S2/c1-16-21(22(30)27-34(31,32)20-14-28(2)15-25-20)26-23(33-16)29(13-18-6-4-3-5-7-18)19-10-8-17(12-24)9-11-19/h3-11,14-15H,13H2,1-2H3,(H,27,30). The summed E-state index contributed by atoms with van der Waals surface area (Å²) in [5.41, 5.74) is 2.35. The molecular formula is C23H20N6O3S2. The SMILES string of the molecule is Cc1sc(N(Cc2ccccc2)c2ccc(C#N)cc2)nc1C(=O)NS(=O)(=O)c1cn(C)cn1. The highest BCUT2D eigenvalue weighted by Crippen LogP contribution is 2.33. The maximum atomic E-state index is 12.8. The van der Waals surface area contributed by atoms with Crippen molar-refractivity contribution >= 4 is 38.1 Å². The Morgan fingerprint density at radius 3 is 2.50 bits per heavy atom. The van der Waals surface area contributed by atoms with Crippen LogP contribution < -0.4 is 9.62 Å². The lowest BCUT2D eigenvalue weighted by atomic mass is 10.2. The van der Waals surface area contributed by atoms with Crippen molar-refractivity contribution in [2.75, 3.05) is 4.90 Å². The van der Waals surface area contributed by atoms with Crippen LogP contribution in [0, 0.1) is 18.3 Å². The molecule has 4 rings (SSSR count). The first-order chi connectivity index (χ1) is 16.3. The summed E-state index contributed by atoms with van der Waals surface area (Å²) in [6.45, 7) is 2.18. The van der Waals surface area contributed by atoms with Crippen LogP contribution in [0.5, 0.6) is 0 Å². The second kappa shape index (κ2) is 9.46. The molecule has 2 heterocycles. The van der Waals surface area contributed by atoms with Crippen LogP contribution in [0.2, 0.25) is 0 Å². The maximum absolute atomic E-state index is 12.8. The van der Waals surface area contributed by atoms with Crippen molar-refractivity contribution in [2.24, 2.45) is 7.05 Å². The summed E-state index contributed by atoms with van der Waals surface area (Å²) in [5.74, 6) is -0.829. The second-order valence-electron chi connectivity index (χ2n) is 7.44. The molecule has 0 aliphatic carbocycles. The number of imidazole rings is 1. The predicted molar refractivity (Wildman–Crippen MR) is 128 cm³/mol. The number of carbonyl (C=O) groups excluding carboxylic acids is 1. The van der Waals surface area contributed by atoms with E-state index in [1.54, 1.807) is 26.1 Å². The summed E-state index contributed by atoms with van der Waals surface area (Å²) in [6.07, 6.45) is 2.64. The molecule has 1 amide bonds. The number of sulfonamides is 1. The number of aromatic nitrogens is 3. The van der Waals surface area contributed by atoms with E-state index < -0.39 is 15.9 Å². The molecule has 0 radical (unpaired) electrons. The molecule has 0 unspecified atom stereocenters. The summed E-state index contributed by atoms with van der Waals surface area (Å²) in [7, 11) is -2.50. The summed E-state index contributed by atoms with van der Waals surface area (Å²) >= 11 is 1.28. The van der Waals surface area contributed by atoms with Gasteiger partial charge in [0.05, 0.1) is 24.5 Å². The van der Waals surface area contributed by atoms with E-state index in [9.17, 15) is 13.2 Å². The Morgan fingerprint density at radius 1 is 1.18 bits per heavy atom. The topological polar surface area (TPSA) is 121 Å². The number of carbonyl (C=O) groups is 1. The highest BCUT2D eigenvalue weighted by molar-refractivity contribution is 7.90. The van der Waals surface area contributed by atoms with Gasteiger partial charge < -0.3 is 9.47 Å². The molecule has 0 saturated carbocycles. The Hall–Kier alpha value is -4.01. The average molecular weight is 493 g/mol. The summed E-state index contributed by atoms with van der Waals surface area (Å²) in [5, 5.41) is 9.39. The zero-order chi connectivity index (χ0) is 24.3. The number of nitriles is 1. The van der Waals surface area contributed by atoms with Crippen molar-refractivity contribution in [2.45, 2.75) is 18.5 Å². The van der Waals surface area contributed by atoms with Gasteiger partial charge in [0.15, 0.2) is 10.2 Å². The van der Waals surface area contributed by atoms with Gasteiger partial charge in [-0.15, -0.1) is 11.3 Å². The molecule has 172 valence electrons. The molecule has 4 aromatic rings. The lowest BCUT2D eigenvalue weighted by Gasteiger charge is -2.22. The minimum atomic E-state index is -4.13. The lowest BCUT2D eigenvalue weighted by Crippen LogP contribution is -2.31. The van der Waals surface area contributed by atoms with Gasteiger partial charge in [-0.3, -0.25) is 4.79 Å². The van der Waals surface area contributed by atoms with E-state index in [0.717, 1.165) is 11.3 Å². The van der Waals surface area contributed by atoms with Crippen molar-refractivity contribution in [1.29, 1.82) is 5.26 Å². The van der Waals surface area contributed by atoms with Crippen LogP contribution in [0.3, 0.4) is 0 Å². The van der Waals surface area contributed by atoms with Crippen LogP contribution in [0.25, 0.3) is 0 Å². The van der Waals surface area contributed by atoms with E-state index in [4.69, 9.17) is 5.26 Å². The monoisotopic (exact) mass is 492 g/mol. The third-order valence-electron chi connectivity index (χ3n) is 4.91. The Kier molecular flexibility index (Phi) is 6.45. The van der Waals surface area contributed by atoms with E-state index >= 15 is 0 Å². The molecule has 34 heavy (non-hydrogen) atoms. The summed E-state index contributed by atoms with van der Waals surface area (Å²) in [4.78, 5) is 23.6. The molecule has 0 aliphatic rings. The van der Waals surface area contributed by atoms with Crippen molar-refractivity contribution in [3.05, 3.63) is 88.8 Å². The lowest BCUT2D eigenvalue weighted by molar-refractivity contribution is 0.0976. The number of hydrogen-bond acceptors (Lipinski definition) is 8. The van der Waals surface area contributed by atoms with Gasteiger partial charge in [-0.25, -0.2) is 14.7 Å². The van der Waals surface area contributed by atoms with Crippen LogP contribution in [-0.4, -0.2) is 28.9 Å². The molecule has 0 atom stereocenters. The molecule has 2 aromatic carbocycles. The minimum absolute atomic E-state index is 0.0196. The van der Waals surface area contributed by atoms with Gasteiger partial charge in [0.2, 0.25) is 0 Å². The van der Waals surface area contributed by atoms with Gasteiger partial charge in [0.25, 0.3) is 15.9 Å². The van der Waals surface area contributed by atoms with Gasteiger partial charge >= 0.3 is 0 Å². The Balaban J connectivity index is 1.66. The first kappa shape index (κ1) is 23.2. The Morgan fingerprint density at radius 2 is 1.88 bits per heavy atom. The quantitative estimate of drug-likeness (QED) is 0.419. The molecule has 0 spiro atoms. The van der Waals surface area contributed by atoms with E-state index in [-0.39, 0.29) is 10.7 Å². The molecule has 1 N–H and O–H groups in total. The van der Waals surface area contributed by atoms with E-state index in [1.807, 2.05) is 52.1 Å². The van der Waals surface area contributed by atoms with Crippen molar-refractivity contribution in [3.63, 3.8) is 0 Å². The largest absolute Gasteiger partial charge is 0.339 e. The van der Waals surface area contributed by atoms with Crippen molar-refractivity contribution in [3.8, 4) is 6.07 Å². The first-order valence-corrected chi connectivity index (χ1v) is 12.4. The van der Waals surface area contributed by atoms with Gasteiger partial charge in [-0.2, -0.15) is 13.7 Å². The maximum Gasteiger partial charge on any atom is 0.284 e. The fourth-order valence-electron chi connectivity index (χ4n) is 3.21. The van der Waals surface area contributed by atoms with E-state index in [1.165, 1.54) is 28.4 Å². The summed E-state index contributed by atoms with van der Waals surface area (Å²) < 4.78 is 28.6. The third-order valence-corrected chi connectivity index (χ3v) is 7.12. The smallest absolute Gasteiger partial charge is 0.284 e. The van der Waals surface area contributed by atoms with Crippen LogP contribution in [0.15, 0.2) is 72.1 Å². The zero-order valence-corrected chi connectivity index (χ0v) is 20.0. The zero-order valence-electron chi connectivity index (χ0n) is 18.3. The predicted octanol–water partition coefficient (Wildman–Crippen LogP) is 3.51. The second-order valence-corrected chi connectivity index (χ2v) is 10.3. The number of benzene rings is 2. The molecule has 0 bridgehead atoms. The molecular weight excluding hydrogens is 472 g/mol. The van der Waals surface area contributed by atoms with Gasteiger partial charge in [-0.1, -0.05) is 30.3 Å². The average Bonchev–Trinajstić information content (AvgIpc) is 3.44. The fraction of sp³-hybridized carbons (Fsp3) is 0.130. The molecule has 11 heteroatoms. The van der Waals surface area contributed by atoms with Crippen LogP contribution >= 0.6 is 11.3 Å². The number of amides is 1. The summed E-state index contributed by atoms with van der Waals surface area (Å²) in [6, 6.07) is 18.9. The van der Waals surface area contributed by atoms with Crippen LogP contribution in [0.1, 0.15) is 26.5 Å². The number of nitrogens with one attached hydrogen (secondary N) is 1. The highest BCUT2D eigenvalue weighted by Gasteiger charge is 2.26. The Labute approximate surface area is 201 Å². The molecule has 0 saturated heterocycles. The number of thiazole rings is 1. The van der Waals surface area contributed by atoms with Gasteiger partial charge in [0.1, 0.15) is 5.69 Å². The van der Waals surface area contributed by atoms with Crippen molar-refractivity contribution < 1.29 is 13.2 Å². The number of anilines is 2. The highest BCUT2D eigenvalue weighted by atomic mass is 32.2. The number of aryl methyl sites for hydroxylation is 2. The fourth-order valence-corrected chi connectivity index (χ4v) is 5.07. The number of nitrogens with zero attached hydrogens (tertiary/aromatic N) is 5. The van der Waals surface area contributed by atoms with Crippen LogP contribution in [0.4, 0.5) is 10.8 Å². The van der Waals surface area contributed by atoms with Crippen LogP contribution in [-0.2, 0) is 23.6 Å². The third kappa shape index (κ3) is 4.98. The molecule has 0 fully saturated rings. The normalized spacial score (nSPS) is 11.1. The molecule has 0 aliphatic heterocycles. The van der Waals surface area contributed by atoms with Gasteiger partial charge in [0, 0.05) is 23.8 Å². The number of rotatable bonds is 7.